The lowest BCUT2D eigenvalue weighted by Gasteiger charge is -2.35. The first-order valence-electron chi connectivity index (χ1n) is 11.1. The van der Waals surface area contributed by atoms with E-state index in [2.05, 4.69) is 9.80 Å². The Kier molecular flexibility index (Phi) is 6.88. The van der Waals surface area contributed by atoms with Gasteiger partial charge in [0.05, 0.1) is 0 Å². The van der Waals surface area contributed by atoms with E-state index in [9.17, 15) is 18.4 Å². The van der Waals surface area contributed by atoms with Crippen LogP contribution in [0.15, 0.2) is 42.5 Å². The molecule has 1 heterocycles. The summed E-state index contributed by atoms with van der Waals surface area (Å²) in [6.07, 6.45) is 2.72. The molecule has 0 N–H and O–H groups in total. The Balaban J connectivity index is 1.14. The van der Waals surface area contributed by atoms with Crippen molar-refractivity contribution in [2.24, 2.45) is 5.92 Å². The monoisotopic (exact) mass is 426 g/mol. The normalized spacial score (nSPS) is 19.5. The van der Waals surface area contributed by atoms with Crippen molar-refractivity contribution < 1.29 is 18.4 Å². The number of carbonyl (C=O) groups is 2. The zero-order valence-corrected chi connectivity index (χ0v) is 17.7. The molecule has 31 heavy (non-hydrogen) atoms. The van der Waals surface area contributed by atoms with E-state index in [0.717, 1.165) is 57.7 Å². The molecular weight excluding hydrogens is 398 g/mol. The van der Waals surface area contributed by atoms with Crippen molar-refractivity contribution in [3.8, 4) is 0 Å². The zero-order valence-electron chi connectivity index (χ0n) is 17.7. The summed E-state index contributed by atoms with van der Waals surface area (Å²) in [5.41, 5.74) is 2.10. The van der Waals surface area contributed by atoms with E-state index in [1.165, 1.54) is 24.3 Å². The molecule has 1 aliphatic heterocycles. The van der Waals surface area contributed by atoms with Crippen molar-refractivity contribution in [2.45, 2.75) is 25.7 Å². The van der Waals surface area contributed by atoms with Gasteiger partial charge in [0.25, 0.3) is 0 Å². The van der Waals surface area contributed by atoms with E-state index in [-0.39, 0.29) is 29.1 Å². The second-order valence-corrected chi connectivity index (χ2v) is 8.57. The average molecular weight is 427 g/mol. The SMILES string of the molecule is O=C(CCCN1CCN(CCC2Cc3cc(F)ccc3C2=O)CC1)c1ccc(F)cc1. The first-order chi connectivity index (χ1) is 15.0. The number of benzene rings is 2. The molecule has 1 saturated heterocycles. The quantitative estimate of drug-likeness (QED) is 0.599. The minimum absolute atomic E-state index is 0.0349. The Morgan fingerprint density at radius 2 is 1.55 bits per heavy atom. The number of fused-ring (bicyclic) bond motifs is 1. The minimum Gasteiger partial charge on any atom is -0.301 e. The molecule has 0 radical (unpaired) electrons. The molecule has 0 bridgehead atoms. The summed E-state index contributed by atoms with van der Waals surface area (Å²) in [5, 5.41) is 0. The van der Waals surface area contributed by atoms with Crippen LogP contribution < -0.4 is 0 Å². The summed E-state index contributed by atoms with van der Waals surface area (Å²) < 4.78 is 26.4. The standard InChI is InChI=1S/C25H28F2N2O2/c26-21-5-3-18(4-6-21)24(30)2-1-10-28-12-14-29(15-13-28)11-9-19-16-20-17-22(27)7-8-23(20)25(19)31/h3-8,17,19H,1-2,9-16H2. The van der Waals surface area contributed by atoms with Crippen LogP contribution >= 0.6 is 0 Å². The number of nitrogens with zero attached hydrogens (tertiary/aromatic N) is 2. The van der Waals surface area contributed by atoms with Crippen molar-refractivity contribution in [1.82, 2.24) is 9.80 Å². The summed E-state index contributed by atoms with van der Waals surface area (Å²) in [4.78, 5) is 29.5. The maximum absolute atomic E-state index is 13.4. The van der Waals surface area contributed by atoms with E-state index in [0.29, 0.717) is 24.0 Å². The highest BCUT2D eigenvalue weighted by Gasteiger charge is 2.31. The lowest BCUT2D eigenvalue weighted by Crippen LogP contribution is -2.47. The molecule has 0 aromatic heterocycles. The van der Waals surface area contributed by atoms with Gasteiger partial charge in [-0.1, -0.05) is 0 Å². The van der Waals surface area contributed by atoms with Crippen LogP contribution in [-0.2, 0) is 6.42 Å². The Bertz CT molecular complexity index is 937. The van der Waals surface area contributed by atoms with Gasteiger partial charge in [-0.15, -0.1) is 0 Å². The number of carbonyl (C=O) groups excluding carboxylic acids is 2. The van der Waals surface area contributed by atoms with Crippen molar-refractivity contribution >= 4 is 11.6 Å². The lowest BCUT2D eigenvalue weighted by atomic mass is 10.0. The van der Waals surface area contributed by atoms with Crippen LogP contribution in [0.4, 0.5) is 8.78 Å². The smallest absolute Gasteiger partial charge is 0.166 e. The predicted molar refractivity (Wildman–Crippen MR) is 115 cm³/mol. The van der Waals surface area contributed by atoms with E-state index in [1.807, 2.05) is 0 Å². The van der Waals surface area contributed by atoms with Gasteiger partial charge in [-0.2, -0.15) is 0 Å². The van der Waals surface area contributed by atoms with Crippen molar-refractivity contribution in [1.29, 1.82) is 0 Å². The number of hydrogen-bond donors (Lipinski definition) is 0. The zero-order chi connectivity index (χ0) is 21.8. The third kappa shape index (κ3) is 5.43. The molecule has 2 aromatic carbocycles. The summed E-state index contributed by atoms with van der Waals surface area (Å²) in [6, 6.07) is 10.2. The largest absolute Gasteiger partial charge is 0.301 e. The van der Waals surface area contributed by atoms with Crippen LogP contribution in [0.3, 0.4) is 0 Å². The summed E-state index contributed by atoms with van der Waals surface area (Å²) in [5.74, 6) is -0.430. The van der Waals surface area contributed by atoms with E-state index in [1.54, 1.807) is 18.2 Å². The van der Waals surface area contributed by atoms with E-state index >= 15 is 0 Å². The average Bonchev–Trinajstić information content (AvgIpc) is 3.08. The molecule has 0 spiro atoms. The summed E-state index contributed by atoms with van der Waals surface area (Å²) >= 11 is 0. The second kappa shape index (κ2) is 9.79. The Morgan fingerprint density at radius 3 is 2.26 bits per heavy atom. The number of halogens is 2. The molecule has 4 rings (SSSR count). The molecule has 6 heteroatoms. The number of Topliss-reactive ketones (excluding diaryl/α,β-unsaturated/α-hetero) is 2. The molecular formula is C25H28F2N2O2. The molecule has 1 fully saturated rings. The minimum atomic E-state index is -0.329. The highest BCUT2D eigenvalue weighted by molar-refractivity contribution is 6.02. The summed E-state index contributed by atoms with van der Waals surface area (Å²) in [7, 11) is 0. The maximum Gasteiger partial charge on any atom is 0.166 e. The fourth-order valence-electron chi connectivity index (χ4n) is 4.60. The van der Waals surface area contributed by atoms with Gasteiger partial charge in [0.15, 0.2) is 11.6 Å². The second-order valence-electron chi connectivity index (χ2n) is 8.57. The lowest BCUT2D eigenvalue weighted by molar-refractivity contribution is 0.0890. The number of ketones is 2. The highest BCUT2D eigenvalue weighted by atomic mass is 19.1. The molecule has 4 nitrogen and oxygen atoms in total. The Morgan fingerprint density at radius 1 is 0.903 bits per heavy atom. The van der Waals surface area contributed by atoms with Crippen LogP contribution in [0, 0.1) is 17.6 Å². The van der Waals surface area contributed by atoms with Gasteiger partial charge in [0, 0.05) is 49.6 Å². The molecule has 1 atom stereocenters. The van der Waals surface area contributed by atoms with Crippen molar-refractivity contribution in [2.75, 3.05) is 39.3 Å². The van der Waals surface area contributed by atoms with Gasteiger partial charge in [0.2, 0.25) is 0 Å². The van der Waals surface area contributed by atoms with E-state index in [4.69, 9.17) is 0 Å². The molecule has 1 unspecified atom stereocenters. The van der Waals surface area contributed by atoms with Crippen LogP contribution in [0.2, 0.25) is 0 Å². The molecule has 2 aromatic rings. The van der Waals surface area contributed by atoms with Gasteiger partial charge in [-0.25, -0.2) is 8.78 Å². The van der Waals surface area contributed by atoms with Crippen molar-refractivity contribution in [3.05, 3.63) is 70.8 Å². The predicted octanol–water partition coefficient (Wildman–Crippen LogP) is 3.99. The number of hydrogen-bond acceptors (Lipinski definition) is 4. The third-order valence-corrected chi connectivity index (χ3v) is 6.47. The molecule has 0 saturated carbocycles. The Labute approximate surface area is 181 Å². The van der Waals surface area contributed by atoms with Crippen LogP contribution in [0.5, 0.6) is 0 Å². The highest BCUT2D eigenvalue weighted by Crippen LogP contribution is 2.29. The summed E-state index contributed by atoms with van der Waals surface area (Å²) in [6.45, 7) is 5.57. The fourth-order valence-corrected chi connectivity index (χ4v) is 4.60. The first-order valence-corrected chi connectivity index (χ1v) is 11.1. The van der Waals surface area contributed by atoms with Gasteiger partial charge in [-0.3, -0.25) is 9.59 Å². The van der Waals surface area contributed by atoms with Crippen LogP contribution in [0.1, 0.15) is 45.5 Å². The van der Waals surface area contributed by atoms with E-state index < -0.39 is 0 Å². The third-order valence-electron chi connectivity index (χ3n) is 6.47. The molecule has 1 aliphatic carbocycles. The maximum atomic E-state index is 13.4. The van der Waals surface area contributed by atoms with Crippen molar-refractivity contribution in [3.63, 3.8) is 0 Å². The molecule has 0 amide bonds. The first kappa shape index (κ1) is 21.8. The van der Waals surface area contributed by atoms with Gasteiger partial charge in [0.1, 0.15) is 11.6 Å². The van der Waals surface area contributed by atoms with Gasteiger partial charge >= 0.3 is 0 Å². The van der Waals surface area contributed by atoms with Gasteiger partial charge < -0.3 is 9.80 Å². The molecule has 2 aliphatic rings. The number of rotatable bonds is 8. The van der Waals surface area contributed by atoms with Crippen LogP contribution in [0.25, 0.3) is 0 Å². The van der Waals surface area contributed by atoms with Gasteiger partial charge in [-0.05, 0) is 80.4 Å². The van der Waals surface area contributed by atoms with Crippen LogP contribution in [-0.4, -0.2) is 60.6 Å². The number of piperazine rings is 1. The fraction of sp³-hybridized carbons (Fsp3) is 0.440. The molecule has 164 valence electrons. The topological polar surface area (TPSA) is 40.6 Å². The Hall–Kier alpha value is -2.44.